The zero-order chi connectivity index (χ0) is 14.5. The number of nitrogens with one attached hydrogen (secondary N) is 1. The molecule has 0 aliphatic heterocycles. The molecule has 0 atom stereocenters. The molecule has 0 heterocycles. The number of likely N-dealkylation sites (N-methyl/N-ethyl adjacent to an activating group) is 1. The fraction of sp³-hybridized carbons (Fsp3) is 0.429. The Hall–Kier alpha value is -1.59. The fourth-order valence-electron chi connectivity index (χ4n) is 1.50. The molecule has 112 valence electrons. The Morgan fingerprint density at radius 1 is 1.25 bits per heavy atom. The normalized spacial score (nSPS) is 11.1. The molecule has 0 aromatic heterocycles. The van der Waals surface area contributed by atoms with E-state index in [0.717, 1.165) is 11.3 Å². The second-order valence-corrected chi connectivity index (χ2v) is 5.73. The van der Waals surface area contributed by atoms with Crippen molar-refractivity contribution in [1.29, 1.82) is 0 Å². The molecule has 0 aliphatic rings. The maximum Gasteiger partial charge on any atom is 0.295 e. The molecule has 0 fully saturated rings. The molecule has 0 radical (unpaired) electrons. The van der Waals surface area contributed by atoms with Crippen molar-refractivity contribution in [1.82, 2.24) is 5.43 Å². The number of benzene rings is 1. The first-order valence-electron chi connectivity index (χ1n) is 6.18. The monoisotopic (exact) mass is 298 g/mol. The Morgan fingerprint density at radius 3 is 2.25 bits per heavy atom. The number of hydrazone groups is 1. The largest absolute Gasteiger partial charge is 1.00 e. The van der Waals surface area contributed by atoms with Gasteiger partial charge in [0.2, 0.25) is 0 Å². The van der Waals surface area contributed by atoms with Gasteiger partial charge in [-0.1, -0.05) is 12.1 Å². The molecule has 20 heavy (non-hydrogen) atoms. The second-order valence-electron chi connectivity index (χ2n) is 5.73. The number of rotatable bonds is 5. The summed E-state index contributed by atoms with van der Waals surface area (Å²) < 4.78 is 0.582. The van der Waals surface area contributed by atoms with E-state index in [-0.39, 0.29) is 18.3 Å². The van der Waals surface area contributed by atoms with Gasteiger partial charge >= 0.3 is 0 Å². The van der Waals surface area contributed by atoms with Gasteiger partial charge in [0, 0.05) is 19.8 Å². The minimum absolute atomic E-state index is 0. The lowest BCUT2D eigenvalue weighted by molar-refractivity contribution is -0.862. The third-order valence-electron chi connectivity index (χ3n) is 2.43. The Kier molecular flexibility index (Phi) is 7.24. The van der Waals surface area contributed by atoms with Crippen LogP contribution in [0.4, 0.5) is 5.69 Å². The summed E-state index contributed by atoms with van der Waals surface area (Å²) in [6, 6.07) is 7.94. The SMILES string of the molecule is CN(C)c1ccc(/C=N/NC(=O)C[N+](C)(C)C)cc1.[Cl-]. The number of carbonyl (C=O) groups excluding carboxylic acids is 1. The van der Waals surface area contributed by atoms with Crippen molar-refractivity contribution in [2.24, 2.45) is 5.10 Å². The first kappa shape index (κ1) is 18.4. The zero-order valence-electron chi connectivity index (χ0n) is 12.7. The molecular weight excluding hydrogens is 276 g/mol. The second kappa shape index (κ2) is 7.87. The van der Waals surface area contributed by atoms with Crippen LogP contribution in [0.15, 0.2) is 29.4 Å². The van der Waals surface area contributed by atoms with E-state index in [4.69, 9.17) is 0 Å². The maximum absolute atomic E-state index is 11.5. The van der Waals surface area contributed by atoms with Crippen molar-refractivity contribution in [2.75, 3.05) is 46.7 Å². The highest BCUT2D eigenvalue weighted by Crippen LogP contribution is 2.10. The van der Waals surface area contributed by atoms with Crippen LogP contribution in [0, 0.1) is 0 Å². The number of quaternary nitrogens is 1. The number of hydrogen-bond donors (Lipinski definition) is 1. The third-order valence-corrected chi connectivity index (χ3v) is 2.43. The van der Waals surface area contributed by atoms with Crippen molar-refractivity contribution in [2.45, 2.75) is 0 Å². The highest BCUT2D eigenvalue weighted by molar-refractivity contribution is 5.83. The summed E-state index contributed by atoms with van der Waals surface area (Å²) >= 11 is 0. The molecule has 1 amide bonds. The van der Waals surface area contributed by atoms with Crippen molar-refractivity contribution in [3.05, 3.63) is 29.8 Å². The number of amides is 1. The van der Waals surface area contributed by atoms with E-state index >= 15 is 0 Å². The van der Waals surface area contributed by atoms with Crippen molar-refractivity contribution in [3.63, 3.8) is 0 Å². The van der Waals surface area contributed by atoms with Crippen LogP contribution in [0.25, 0.3) is 0 Å². The standard InChI is InChI=1S/C14H22N4O.ClH/c1-17(2)13-8-6-12(7-9-13)10-15-16-14(19)11-18(3,4)5;/h6-10H,11H2,1-5H3;1H/b15-10+;. The zero-order valence-corrected chi connectivity index (χ0v) is 13.5. The van der Waals surface area contributed by atoms with Gasteiger partial charge in [0.15, 0.2) is 6.54 Å². The molecule has 0 bridgehead atoms. The van der Waals surface area contributed by atoms with Crippen LogP contribution >= 0.6 is 0 Å². The smallest absolute Gasteiger partial charge is 0.295 e. The van der Waals surface area contributed by atoms with Crippen LogP contribution in [0.1, 0.15) is 5.56 Å². The summed E-state index contributed by atoms with van der Waals surface area (Å²) in [4.78, 5) is 13.6. The first-order valence-corrected chi connectivity index (χ1v) is 6.18. The number of halogens is 1. The highest BCUT2D eigenvalue weighted by atomic mass is 35.5. The summed E-state index contributed by atoms with van der Waals surface area (Å²) in [7, 11) is 9.87. The van der Waals surface area contributed by atoms with E-state index in [1.54, 1.807) is 6.21 Å². The molecule has 1 aromatic rings. The molecule has 0 saturated carbocycles. The van der Waals surface area contributed by atoms with Crippen LogP contribution in [-0.2, 0) is 4.79 Å². The van der Waals surface area contributed by atoms with E-state index in [9.17, 15) is 4.79 Å². The summed E-state index contributed by atoms with van der Waals surface area (Å²) in [5.74, 6) is -0.0892. The Morgan fingerprint density at radius 2 is 1.80 bits per heavy atom. The minimum atomic E-state index is -0.0892. The molecular formula is C14H23ClN4O. The molecule has 1 aromatic carbocycles. The van der Waals surface area contributed by atoms with Gasteiger partial charge in [-0.25, -0.2) is 5.43 Å². The average Bonchev–Trinajstić information content (AvgIpc) is 2.27. The summed E-state index contributed by atoms with van der Waals surface area (Å²) in [5, 5.41) is 3.95. The minimum Gasteiger partial charge on any atom is -1.00 e. The topological polar surface area (TPSA) is 44.7 Å². The molecule has 0 unspecified atom stereocenters. The van der Waals surface area contributed by atoms with Crippen LogP contribution in [0.5, 0.6) is 0 Å². The third kappa shape index (κ3) is 7.11. The van der Waals surface area contributed by atoms with Gasteiger partial charge in [0.1, 0.15) is 0 Å². The molecule has 6 heteroatoms. The Balaban J connectivity index is 0.00000361. The van der Waals surface area contributed by atoms with Crippen molar-refractivity contribution in [3.8, 4) is 0 Å². The maximum atomic E-state index is 11.5. The van der Waals surface area contributed by atoms with Gasteiger partial charge in [0.05, 0.1) is 27.4 Å². The van der Waals surface area contributed by atoms with Crippen LogP contribution in [0.2, 0.25) is 0 Å². The molecule has 0 aliphatic carbocycles. The Labute approximate surface area is 127 Å². The molecule has 1 rings (SSSR count). The Bertz CT molecular complexity index is 449. The molecule has 1 N–H and O–H groups in total. The number of hydrogen-bond acceptors (Lipinski definition) is 3. The van der Waals surface area contributed by atoms with Gasteiger partial charge in [-0.15, -0.1) is 0 Å². The predicted molar refractivity (Wildman–Crippen MR) is 79.4 cm³/mol. The van der Waals surface area contributed by atoms with Gasteiger partial charge in [-0.05, 0) is 17.7 Å². The van der Waals surface area contributed by atoms with E-state index in [1.165, 1.54) is 0 Å². The number of carbonyl (C=O) groups is 1. The lowest BCUT2D eigenvalue weighted by atomic mass is 10.2. The van der Waals surface area contributed by atoms with Crippen LogP contribution in [0.3, 0.4) is 0 Å². The predicted octanol–water partition coefficient (Wildman–Crippen LogP) is -2.09. The highest BCUT2D eigenvalue weighted by Gasteiger charge is 2.12. The average molecular weight is 299 g/mol. The summed E-state index contributed by atoms with van der Waals surface area (Å²) in [5.41, 5.74) is 4.62. The summed E-state index contributed by atoms with van der Waals surface area (Å²) in [6.45, 7) is 0.400. The van der Waals surface area contributed by atoms with Crippen molar-refractivity contribution < 1.29 is 21.7 Å². The van der Waals surface area contributed by atoms with Gasteiger partial charge < -0.3 is 21.8 Å². The van der Waals surface area contributed by atoms with Gasteiger partial charge in [-0.2, -0.15) is 5.10 Å². The first-order chi connectivity index (χ1) is 8.78. The molecule has 5 nitrogen and oxygen atoms in total. The molecule has 0 spiro atoms. The van der Waals surface area contributed by atoms with Crippen LogP contribution in [-0.4, -0.2) is 58.4 Å². The fourth-order valence-corrected chi connectivity index (χ4v) is 1.50. The summed E-state index contributed by atoms with van der Waals surface area (Å²) in [6.07, 6.45) is 1.65. The van der Waals surface area contributed by atoms with Gasteiger partial charge in [-0.3, -0.25) is 4.79 Å². The number of nitrogens with zero attached hydrogens (tertiary/aromatic N) is 3. The quantitative estimate of drug-likeness (QED) is 0.385. The number of anilines is 1. The van der Waals surface area contributed by atoms with E-state index in [2.05, 4.69) is 10.5 Å². The lowest BCUT2D eigenvalue weighted by Gasteiger charge is -2.21. The van der Waals surface area contributed by atoms with E-state index in [1.807, 2.05) is 64.4 Å². The van der Waals surface area contributed by atoms with Crippen molar-refractivity contribution >= 4 is 17.8 Å². The van der Waals surface area contributed by atoms with Gasteiger partial charge in [0.25, 0.3) is 5.91 Å². The van der Waals surface area contributed by atoms with E-state index in [0.29, 0.717) is 11.0 Å². The molecule has 0 saturated heterocycles. The lowest BCUT2D eigenvalue weighted by Crippen LogP contribution is -3.00. The van der Waals surface area contributed by atoms with E-state index < -0.39 is 0 Å². The van der Waals surface area contributed by atoms with Crippen LogP contribution < -0.4 is 22.7 Å².